The second-order valence-electron chi connectivity index (χ2n) is 4.68. The third kappa shape index (κ3) is 2.96. The molecule has 19 heavy (non-hydrogen) atoms. The van der Waals surface area contributed by atoms with Crippen LogP contribution in [0, 0.1) is 0 Å². The molecule has 1 heterocycles. The molecule has 1 aromatic carbocycles. The first-order chi connectivity index (χ1) is 8.97. The largest absolute Gasteiger partial charge is 0.489 e. The Balaban J connectivity index is 2.29. The first-order valence-corrected chi connectivity index (χ1v) is 6.10. The molecule has 0 aliphatic carbocycles. The maximum Gasteiger partial charge on any atom is 0.246 e. The standard InChI is InChI=1S/C13H17N3O3/c1-8(2)19-10-5-3-4-9(13(10)14)16-6-11(17)15-12(18)7-16/h3-5,8H,6-7,14H2,1-2H3,(H,15,17,18). The first kappa shape index (κ1) is 13.2. The van der Waals surface area contributed by atoms with Gasteiger partial charge in [0.1, 0.15) is 5.75 Å². The van der Waals surface area contributed by atoms with Crippen LogP contribution in [-0.4, -0.2) is 31.0 Å². The van der Waals surface area contributed by atoms with Gasteiger partial charge in [0.2, 0.25) is 11.8 Å². The molecule has 3 N–H and O–H groups in total. The van der Waals surface area contributed by atoms with Crippen molar-refractivity contribution in [1.29, 1.82) is 0 Å². The SMILES string of the molecule is CC(C)Oc1cccc(N2CC(=O)NC(=O)C2)c1N. The Labute approximate surface area is 111 Å². The van der Waals surface area contributed by atoms with Crippen molar-refractivity contribution < 1.29 is 14.3 Å². The number of imide groups is 1. The van der Waals surface area contributed by atoms with Gasteiger partial charge in [-0.15, -0.1) is 0 Å². The minimum Gasteiger partial charge on any atom is -0.489 e. The van der Waals surface area contributed by atoms with Crippen LogP contribution in [0.3, 0.4) is 0 Å². The Morgan fingerprint density at radius 1 is 1.26 bits per heavy atom. The van der Waals surface area contributed by atoms with Crippen LogP contribution in [0.1, 0.15) is 13.8 Å². The van der Waals surface area contributed by atoms with Crippen LogP contribution in [0.25, 0.3) is 0 Å². The van der Waals surface area contributed by atoms with Crippen molar-refractivity contribution in [2.24, 2.45) is 0 Å². The van der Waals surface area contributed by atoms with Gasteiger partial charge in [0.05, 0.1) is 30.6 Å². The number of hydrogen-bond acceptors (Lipinski definition) is 5. The van der Waals surface area contributed by atoms with Crippen LogP contribution in [0.4, 0.5) is 11.4 Å². The first-order valence-electron chi connectivity index (χ1n) is 6.10. The summed E-state index contributed by atoms with van der Waals surface area (Å²) in [6.45, 7) is 4.04. The zero-order valence-corrected chi connectivity index (χ0v) is 11.0. The molecular formula is C13H17N3O3. The molecule has 1 saturated heterocycles. The molecule has 1 aliphatic rings. The third-order valence-corrected chi connectivity index (χ3v) is 2.69. The zero-order valence-electron chi connectivity index (χ0n) is 11.0. The van der Waals surface area contributed by atoms with E-state index in [9.17, 15) is 9.59 Å². The predicted octanol–water partition coefficient (Wildman–Crippen LogP) is 0.519. The molecule has 0 radical (unpaired) electrons. The predicted molar refractivity (Wildman–Crippen MR) is 72.0 cm³/mol. The average molecular weight is 263 g/mol. The molecule has 0 saturated carbocycles. The van der Waals surface area contributed by atoms with E-state index in [1.165, 1.54) is 0 Å². The van der Waals surface area contributed by atoms with Gasteiger partial charge in [-0.25, -0.2) is 0 Å². The van der Waals surface area contributed by atoms with E-state index >= 15 is 0 Å². The Morgan fingerprint density at radius 2 is 1.89 bits per heavy atom. The zero-order chi connectivity index (χ0) is 14.0. The highest BCUT2D eigenvalue weighted by Gasteiger charge is 2.24. The van der Waals surface area contributed by atoms with Crippen molar-refractivity contribution in [3.8, 4) is 5.75 Å². The molecule has 0 unspecified atom stereocenters. The van der Waals surface area contributed by atoms with E-state index in [1.54, 1.807) is 23.1 Å². The fraction of sp³-hybridized carbons (Fsp3) is 0.385. The monoisotopic (exact) mass is 263 g/mol. The van der Waals surface area contributed by atoms with Gasteiger partial charge in [-0.1, -0.05) is 6.07 Å². The maximum absolute atomic E-state index is 11.4. The van der Waals surface area contributed by atoms with Crippen molar-refractivity contribution in [3.63, 3.8) is 0 Å². The number of hydrogen-bond donors (Lipinski definition) is 2. The normalized spacial score (nSPS) is 15.6. The van der Waals surface area contributed by atoms with E-state index in [-0.39, 0.29) is 31.0 Å². The molecule has 102 valence electrons. The number of carbonyl (C=O) groups is 2. The highest BCUT2D eigenvalue weighted by Crippen LogP contribution is 2.33. The van der Waals surface area contributed by atoms with Crippen LogP contribution in [-0.2, 0) is 9.59 Å². The van der Waals surface area contributed by atoms with Crippen LogP contribution >= 0.6 is 0 Å². The van der Waals surface area contributed by atoms with Gasteiger partial charge in [0.15, 0.2) is 0 Å². The minimum absolute atomic E-state index is 0.00355. The molecule has 6 nitrogen and oxygen atoms in total. The van der Waals surface area contributed by atoms with Gasteiger partial charge < -0.3 is 15.4 Å². The summed E-state index contributed by atoms with van der Waals surface area (Å²) in [5.41, 5.74) is 7.13. The van der Waals surface area contributed by atoms with E-state index in [0.29, 0.717) is 17.1 Å². The van der Waals surface area contributed by atoms with Crippen LogP contribution in [0.5, 0.6) is 5.75 Å². The summed E-state index contributed by atoms with van der Waals surface area (Å²) in [6, 6.07) is 5.33. The topological polar surface area (TPSA) is 84.7 Å². The van der Waals surface area contributed by atoms with Crippen molar-refractivity contribution in [2.75, 3.05) is 23.7 Å². The smallest absolute Gasteiger partial charge is 0.246 e. The summed E-state index contributed by atoms with van der Waals surface area (Å²) in [4.78, 5) is 24.4. The highest BCUT2D eigenvalue weighted by molar-refractivity contribution is 6.03. The third-order valence-electron chi connectivity index (χ3n) is 2.69. The van der Waals surface area contributed by atoms with Crippen LogP contribution in [0.2, 0.25) is 0 Å². The van der Waals surface area contributed by atoms with Gasteiger partial charge in [0, 0.05) is 0 Å². The number of nitrogen functional groups attached to an aromatic ring is 1. The average Bonchev–Trinajstić information content (AvgIpc) is 2.30. The number of piperazine rings is 1. The van der Waals surface area contributed by atoms with Crippen molar-refractivity contribution in [2.45, 2.75) is 20.0 Å². The molecule has 0 spiro atoms. The number of anilines is 2. The Morgan fingerprint density at radius 3 is 2.47 bits per heavy atom. The number of para-hydroxylation sites is 1. The summed E-state index contributed by atoms with van der Waals surface area (Å²) in [6.07, 6.45) is 0.00355. The number of rotatable bonds is 3. The van der Waals surface area contributed by atoms with E-state index < -0.39 is 0 Å². The number of carbonyl (C=O) groups excluding carboxylic acids is 2. The number of amides is 2. The van der Waals surface area contributed by atoms with Gasteiger partial charge in [-0.05, 0) is 26.0 Å². The molecular weight excluding hydrogens is 246 g/mol. The summed E-state index contributed by atoms with van der Waals surface area (Å²) < 4.78 is 5.59. The fourth-order valence-electron chi connectivity index (χ4n) is 1.97. The number of nitrogens with one attached hydrogen (secondary N) is 1. The van der Waals surface area contributed by atoms with Crippen LogP contribution < -0.4 is 20.7 Å². The Kier molecular flexibility index (Phi) is 3.59. The summed E-state index contributed by atoms with van der Waals surface area (Å²) >= 11 is 0. The molecule has 2 amide bonds. The lowest BCUT2D eigenvalue weighted by Gasteiger charge is -2.29. The summed E-state index contributed by atoms with van der Waals surface area (Å²) in [7, 11) is 0. The molecule has 2 rings (SSSR count). The van der Waals surface area contributed by atoms with E-state index in [2.05, 4.69) is 5.32 Å². The molecule has 1 aromatic rings. The number of benzene rings is 1. The van der Waals surface area contributed by atoms with E-state index in [0.717, 1.165) is 0 Å². The molecule has 0 aromatic heterocycles. The molecule has 0 bridgehead atoms. The Hall–Kier alpha value is -2.24. The van der Waals surface area contributed by atoms with E-state index in [1.807, 2.05) is 13.8 Å². The summed E-state index contributed by atoms with van der Waals surface area (Å²) in [5.74, 6) is -0.0948. The molecule has 1 aliphatic heterocycles. The number of ether oxygens (including phenoxy) is 1. The molecule has 6 heteroatoms. The van der Waals surface area contributed by atoms with Crippen molar-refractivity contribution >= 4 is 23.2 Å². The lowest BCUT2D eigenvalue weighted by atomic mass is 10.2. The highest BCUT2D eigenvalue weighted by atomic mass is 16.5. The number of nitrogens with two attached hydrogens (primary N) is 1. The lowest BCUT2D eigenvalue weighted by molar-refractivity contribution is -0.130. The fourth-order valence-corrected chi connectivity index (χ4v) is 1.97. The van der Waals surface area contributed by atoms with Crippen LogP contribution in [0.15, 0.2) is 18.2 Å². The quantitative estimate of drug-likeness (QED) is 0.613. The summed E-state index contributed by atoms with van der Waals surface area (Å²) in [5, 5.41) is 2.25. The minimum atomic E-state index is -0.328. The Bertz CT molecular complexity index is 498. The maximum atomic E-state index is 11.4. The van der Waals surface area contributed by atoms with E-state index in [4.69, 9.17) is 10.5 Å². The van der Waals surface area contributed by atoms with Crippen molar-refractivity contribution in [1.82, 2.24) is 5.32 Å². The second-order valence-corrected chi connectivity index (χ2v) is 4.68. The lowest BCUT2D eigenvalue weighted by Crippen LogP contribution is -2.51. The van der Waals surface area contributed by atoms with Gasteiger partial charge in [0.25, 0.3) is 0 Å². The molecule has 1 fully saturated rings. The van der Waals surface area contributed by atoms with Gasteiger partial charge in [-0.2, -0.15) is 0 Å². The second kappa shape index (κ2) is 5.17. The molecule has 0 atom stereocenters. The van der Waals surface area contributed by atoms with Gasteiger partial charge in [-0.3, -0.25) is 14.9 Å². The van der Waals surface area contributed by atoms with Crippen molar-refractivity contribution in [3.05, 3.63) is 18.2 Å². The number of nitrogens with zero attached hydrogens (tertiary/aromatic N) is 1. The van der Waals surface area contributed by atoms with Gasteiger partial charge >= 0.3 is 0 Å².